The molecule has 0 aliphatic carbocycles. The largest absolute Gasteiger partial charge is 0.457 e. The molecule has 0 aromatic heterocycles. The molecule has 4 aromatic carbocycles. The molecule has 0 aliphatic heterocycles. The van der Waals surface area contributed by atoms with Gasteiger partial charge in [-0.1, -0.05) is 30.3 Å². The van der Waals surface area contributed by atoms with Crippen molar-refractivity contribution < 1.29 is 24.1 Å². The van der Waals surface area contributed by atoms with Crippen LogP contribution >= 0.6 is 0 Å². The number of rotatable bonds is 8. The second-order valence-electron chi connectivity index (χ2n) is 7.06. The molecule has 0 spiro atoms. The van der Waals surface area contributed by atoms with Gasteiger partial charge in [-0.05, 0) is 36.4 Å². The summed E-state index contributed by atoms with van der Waals surface area (Å²) in [7, 11) is 0. The molecular weight excluding hydrogens is 440 g/mol. The van der Waals surface area contributed by atoms with Crippen molar-refractivity contribution in [2.75, 3.05) is 0 Å². The number of nitro groups is 2. The van der Waals surface area contributed by atoms with E-state index in [9.17, 15) is 25.0 Å². The molecule has 0 aliphatic rings. The topological polar surface area (TPSA) is 122 Å². The van der Waals surface area contributed by atoms with E-state index in [1.165, 1.54) is 54.6 Å². The lowest BCUT2D eigenvalue weighted by molar-refractivity contribution is -0.385. The van der Waals surface area contributed by atoms with Gasteiger partial charge in [0.2, 0.25) is 0 Å². The zero-order valence-electron chi connectivity index (χ0n) is 17.5. The van der Waals surface area contributed by atoms with Crippen molar-refractivity contribution in [1.29, 1.82) is 0 Å². The van der Waals surface area contributed by atoms with Crippen LogP contribution < -0.4 is 9.47 Å². The summed E-state index contributed by atoms with van der Waals surface area (Å²) in [4.78, 5) is 33.8. The third-order valence-corrected chi connectivity index (χ3v) is 4.79. The summed E-state index contributed by atoms with van der Waals surface area (Å²) >= 11 is 0. The van der Waals surface area contributed by atoms with Gasteiger partial charge >= 0.3 is 0 Å². The normalized spacial score (nSPS) is 10.4. The van der Waals surface area contributed by atoms with E-state index in [4.69, 9.17) is 9.47 Å². The van der Waals surface area contributed by atoms with Gasteiger partial charge in [0.15, 0.2) is 5.78 Å². The molecule has 0 atom stereocenters. The zero-order valence-corrected chi connectivity index (χ0v) is 17.5. The maximum atomic E-state index is 13.1. The molecule has 0 unspecified atom stereocenters. The first-order valence-corrected chi connectivity index (χ1v) is 9.99. The summed E-state index contributed by atoms with van der Waals surface area (Å²) in [5.41, 5.74) is 0.558. The lowest BCUT2D eigenvalue weighted by Crippen LogP contribution is -2.04. The lowest BCUT2D eigenvalue weighted by atomic mass is 10.0. The molecule has 34 heavy (non-hydrogen) atoms. The van der Waals surface area contributed by atoms with Gasteiger partial charge in [0.05, 0.1) is 15.4 Å². The van der Waals surface area contributed by atoms with Gasteiger partial charge in [0, 0.05) is 35.9 Å². The molecule has 0 amide bonds. The summed E-state index contributed by atoms with van der Waals surface area (Å²) in [6.45, 7) is 0. The molecule has 9 nitrogen and oxygen atoms in total. The van der Waals surface area contributed by atoms with Crippen LogP contribution in [-0.4, -0.2) is 15.6 Å². The van der Waals surface area contributed by atoms with Gasteiger partial charge < -0.3 is 9.47 Å². The van der Waals surface area contributed by atoms with Crippen molar-refractivity contribution in [3.63, 3.8) is 0 Å². The Balaban J connectivity index is 1.67. The second kappa shape index (κ2) is 9.61. The SMILES string of the molecule is O=C(c1ccccc1)c1ccc(Oc2ccc([N+](=O)[O-])cc2)cc1Oc1ccc([N+](=O)[O-])cc1. The van der Waals surface area contributed by atoms with Crippen LogP contribution in [0.4, 0.5) is 11.4 Å². The molecule has 0 saturated carbocycles. The minimum atomic E-state index is -0.521. The van der Waals surface area contributed by atoms with E-state index in [0.717, 1.165) is 0 Å². The Kier molecular flexibility index (Phi) is 6.26. The van der Waals surface area contributed by atoms with E-state index in [-0.39, 0.29) is 28.5 Å². The van der Waals surface area contributed by atoms with Crippen LogP contribution in [0.5, 0.6) is 23.0 Å². The summed E-state index contributed by atoms with van der Waals surface area (Å²) in [5, 5.41) is 21.8. The smallest absolute Gasteiger partial charge is 0.269 e. The van der Waals surface area contributed by atoms with Crippen LogP contribution in [-0.2, 0) is 0 Å². The molecule has 0 heterocycles. The van der Waals surface area contributed by atoms with Crippen molar-refractivity contribution in [2.45, 2.75) is 0 Å². The minimum Gasteiger partial charge on any atom is -0.457 e. The average molecular weight is 456 g/mol. The zero-order chi connectivity index (χ0) is 24.1. The van der Waals surface area contributed by atoms with Crippen LogP contribution in [0.1, 0.15) is 15.9 Å². The molecule has 9 heteroatoms. The number of non-ortho nitro benzene ring substituents is 2. The molecular formula is C25H16N2O7. The van der Waals surface area contributed by atoms with Crippen LogP contribution in [0.15, 0.2) is 97.1 Å². The molecule has 168 valence electrons. The number of hydrogen-bond acceptors (Lipinski definition) is 7. The highest BCUT2D eigenvalue weighted by Crippen LogP contribution is 2.34. The molecule has 0 N–H and O–H groups in total. The molecule has 0 bridgehead atoms. The fourth-order valence-corrected chi connectivity index (χ4v) is 3.12. The van der Waals surface area contributed by atoms with Gasteiger partial charge in [-0.25, -0.2) is 0 Å². The van der Waals surface area contributed by atoms with E-state index < -0.39 is 9.85 Å². The van der Waals surface area contributed by atoms with Crippen molar-refractivity contribution >= 4 is 17.2 Å². The van der Waals surface area contributed by atoms with Gasteiger partial charge in [-0.2, -0.15) is 0 Å². The number of ketones is 1. The number of nitrogens with zero attached hydrogens (tertiary/aromatic N) is 2. The highest BCUT2D eigenvalue weighted by Gasteiger charge is 2.17. The van der Waals surface area contributed by atoms with E-state index in [1.54, 1.807) is 42.5 Å². The van der Waals surface area contributed by atoms with Crippen LogP contribution in [0.2, 0.25) is 0 Å². The number of carbonyl (C=O) groups excluding carboxylic acids is 1. The van der Waals surface area contributed by atoms with Crippen LogP contribution in [0.3, 0.4) is 0 Å². The monoisotopic (exact) mass is 456 g/mol. The molecule has 0 fully saturated rings. The summed E-state index contributed by atoms with van der Waals surface area (Å²) in [5.74, 6) is 0.881. The Labute approximate surface area is 193 Å². The van der Waals surface area contributed by atoms with Crippen molar-refractivity contribution in [3.05, 3.63) is 128 Å². The van der Waals surface area contributed by atoms with Gasteiger partial charge in [0.1, 0.15) is 23.0 Å². The van der Waals surface area contributed by atoms with E-state index in [2.05, 4.69) is 0 Å². The van der Waals surface area contributed by atoms with Gasteiger partial charge in [-0.3, -0.25) is 25.0 Å². The van der Waals surface area contributed by atoms with E-state index >= 15 is 0 Å². The first kappa shape index (κ1) is 22.2. The third kappa shape index (κ3) is 5.05. The standard InChI is InChI=1S/C25H16N2O7/c28-25(17-4-2-1-3-5-17)23-15-14-22(33-20-10-6-18(7-11-20)26(29)30)16-24(23)34-21-12-8-19(9-13-21)27(31)32/h1-16H. The van der Waals surface area contributed by atoms with Crippen molar-refractivity contribution in [3.8, 4) is 23.0 Å². The van der Waals surface area contributed by atoms with Crippen molar-refractivity contribution in [1.82, 2.24) is 0 Å². The first-order valence-electron chi connectivity index (χ1n) is 9.99. The van der Waals surface area contributed by atoms with Crippen LogP contribution in [0, 0.1) is 20.2 Å². The van der Waals surface area contributed by atoms with E-state index in [1.807, 2.05) is 0 Å². The first-order chi connectivity index (χ1) is 16.4. The fourth-order valence-electron chi connectivity index (χ4n) is 3.12. The molecule has 4 aromatic rings. The molecule has 0 radical (unpaired) electrons. The number of carbonyl (C=O) groups is 1. The Morgan fingerprint density at radius 2 is 1.12 bits per heavy atom. The Morgan fingerprint density at radius 1 is 0.618 bits per heavy atom. The lowest BCUT2D eigenvalue weighted by Gasteiger charge is -2.13. The number of ether oxygens (including phenoxy) is 2. The Morgan fingerprint density at radius 3 is 1.65 bits per heavy atom. The molecule has 4 rings (SSSR count). The quantitative estimate of drug-likeness (QED) is 0.173. The van der Waals surface area contributed by atoms with Crippen LogP contribution in [0.25, 0.3) is 0 Å². The van der Waals surface area contributed by atoms with Gasteiger partial charge in [-0.15, -0.1) is 0 Å². The van der Waals surface area contributed by atoms with E-state index in [0.29, 0.717) is 22.8 Å². The molecule has 0 saturated heterocycles. The Hall–Kier alpha value is -5.05. The predicted molar refractivity (Wildman–Crippen MR) is 123 cm³/mol. The highest BCUT2D eigenvalue weighted by atomic mass is 16.6. The third-order valence-electron chi connectivity index (χ3n) is 4.79. The summed E-state index contributed by atoms with van der Waals surface area (Å²) < 4.78 is 11.7. The number of nitro benzene ring substituents is 2. The average Bonchev–Trinajstić information content (AvgIpc) is 2.85. The highest BCUT2D eigenvalue weighted by molar-refractivity contribution is 6.10. The minimum absolute atomic E-state index is 0.0710. The van der Waals surface area contributed by atoms with Crippen molar-refractivity contribution in [2.24, 2.45) is 0 Å². The fraction of sp³-hybridized carbons (Fsp3) is 0. The van der Waals surface area contributed by atoms with Gasteiger partial charge in [0.25, 0.3) is 11.4 Å². The maximum Gasteiger partial charge on any atom is 0.269 e. The maximum absolute atomic E-state index is 13.1. The summed E-state index contributed by atoms with van der Waals surface area (Å²) in [6, 6.07) is 24.3. The second-order valence-corrected chi connectivity index (χ2v) is 7.06. The predicted octanol–water partition coefficient (Wildman–Crippen LogP) is 6.32. The Bertz CT molecular complexity index is 1350. The number of benzene rings is 4. The number of hydrogen-bond donors (Lipinski definition) is 0. The summed E-state index contributed by atoms with van der Waals surface area (Å²) in [6.07, 6.45) is 0.